The van der Waals surface area contributed by atoms with E-state index in [1.165, 1.54) is 25.5 Å². The lowest BCUT2D eigenvalue weighted by Gasteiger charge is -2.36. The highest BCUT2D eigenvalue weighted by Crippen LogP contribution is 2.20. The van der Waals surface area contributed by atoms with Gasteiger partial charge in [0.05, 0.1) is 5.75 Å². The molecule has 0 bridgehead atoms. The standard InChI is InChI=1S/C14H30N2O2S/c1-4-8-15-13(2)14-7-5-9-16(12-14)10-6-11-19(3,17)18/h13-15H,4-12H2,1-3H3. The van der Waals surface area contributed by atoms with Crippen molar-refractivity contribution in [3.05, 3.63) is 0 Å². The number of rotatable bonds is 8. The first-order valence-electron chi connectivity index (χ1n) is 7.56. The van der Waals surface area contributed by atoms with Gasteiger partial charge in [0, 0.05) is 18.8 Å². The van der Waals surface area contributed by atoms with Crippen LogP contribution in [0.4, 0.5) is 0 Å². The van der Waals surface area contributed by atoms with Crippen molar-refractivity contribution in [2.24, 2.45) is 5.92 Å². The molecule has 0 aromatic carbocycles. The van der Waals surface area contributed by atoms with Crippen LogP contribution in [0, 0.1) is 5.92 Å². The van der Waals surface area contributed by atoms with Gasteiger partial charge in [-0.1, -0.05) is 6.92 Å². The van der Waals surface area contributed by atoms with Gasteiger partial charge in [-0.2, -0.15) is 0 Å². The Kier molecular flexibility index (Phi) is 7.32. The number of nitrogens with zero attached hydrogens (tertiary/aromatic N) is 1. The lowest BCUT2D eigenvalue weighted by Crippen LogP contribution is -2.45. The summed E-state index contributed by atoms with van der Waals surface area (Å²) in [7, 11) is -2.81. The van der Waals surface area contributed by atoms with Crippen molar-refractivity contribution in [3.63, 3.8) is 0 Å². The molecule has 0 spiro atoms. The second kappa shape index (κ2) is 8.22. The monoisotopic (exact) mass is 290 g/mol. The molecule has 0 aromatic heterocycles. The summed E-state index contributed by atoms with van der Waals surface area (Å²) >= 11 is 0. The number of nitrogens with one attached hydrogen (secondary N) is 1. The fourth-order valence-corrected chi connectivity index (χ4v) is 3.45. The third-order valence-corrected chi connectivity index (χ3v) is 4.99. The normalized spacial score (nSPS) is 23.4. The van der Waals surface area contributed by atoms with E-state index >= 15 is 0 Å². The fourth-order valence-electron chi connectivity index (χ4n) is 2.79. The van der Waals surface area contributed by atoms with Gasteiger partial charge in [-0.25, -0.2) is 8.42 Å². The Morgan fingerprint density at radius 3 is 2.79 bits per heavy atom. The van der Waals surface area contributed by atoms with Crippen LogP contribution in [-0.4, -0.2) is 57.5 Å². The molecule has 19 heavy (non-hydrogen) atoms. The lowest BCUT2D eigenvalue weighted by molar-refractivity contribution is 0.151. The summed E-state index contributed by atoms with van der Waals surface area (Å²) in [5, 5.41) is 3.58. The summed E-state index contributed by atoms with van der Waals surface area (Å²) in [5.41, 5.74) is 0. The highest BCUT2D eigenvalue weighted by molar-refractivity contribution is 7.90. The van der Waals surface area contributed by atoms with E-state index in [0.717, 1.165) is 32.6 Å². The minimum atomic E-state index is -2.81. The molecule has 1 aliphatic rings. The Bertz CT molecular complexity index is 343. The van der Waals surface area contributed by atoms with E-state index in [1.54, 1.807) is 0 Å². The van der Waals surface area contributed by atoms with Crippen LogP contribution in [0.1, 0.15) is 39.5 Å². The van der Waals surface area contributed by atoms with Gasteiger partial charge in [0.1, 0.15) is 9.84 Å². The van der Waals surface area contributed by atoms with Crippen LogP contribution in [0.15, 0.2) is 0 Å². The molecule has 114 valence electrons. The summed E-state index contributed by atoms with van der Waals surface area (Å²) < 4.78 is 22.3. The van der Waals surface area contributed by atoms with E-state index < -0.39 is 9.84 Å². The zero-order valence-corrected chi connectivity index (χ0v) is 13.5. The molecule has 4 nitrogen and oxygen atoms in total. The second-order valence-electron chi connectivity index (χ2n) is 5.93. The van der Waals surface area contributed by atoms with Gasteiger partial charge in [-0.15, -0.1) is 0 Å². The Balaban J connectivity index is 2.29. The zero-order valence-electron chi connectivity index (χ0n) is 12.7. The van der Waals surface area contributed by atoms with Gasteiger partial charge in [0.15, 0.2) is 0 Å². The molecule has 0 aromatic rings. The maximum absolute atomic E-state index is 11.1. The molecule has 1 aliphatic heterocycles. The molecule has 0 saturated carbocycles. The average Bonchev–Trinajstić information content (AvgIpc) is 2.35. The van der Waals surface area contributed by atoms with Gasteiger partial charge >= 0.3 is 0 Å². The molecule has 5 heteroatoms. The number of likely N-dealkylation sites (tertiary alicyclic amines) is 1. The molecule has 0 amide bonds. The molecule has 1 heterocycles. The molecule has 0 aliphatic carbocycles. The van der Waals surface area contributed by atoms with Gasteiger partial charge < -0.3 is 10.2 Å². The third-order valence-electron chi connectivity index (χ3n) is 3.95. The molecular formula is C14H30N2O2S. The van der Waals surface area contributed by atoms with E-state index in [2.05, 4.69) is 24.1 Å². The van der Waals surface area contributed by atoms with E-state index in [-0.39, 0.29) is 0 Å². The van der Waals surface area contributed by atoms with Gasteiger partial charge in [0.2, 0.25) is 0 Å². The second-order valence-corrected chi connectivity index (χ2v) is 8.19. The van der Waals surface area contributed by atoms with Crippen LogP contribution >= 0.6 is 0 Å². The van der Waals surface area contributed by atoms with E-state index in [1.807, 2.05) is 0 Å². The van der Waals surface area contributed by atoms with Gasteiger partial charge in [-0.05, 0) is 58.2 Å². The van der Waals surface area contributed by atoms with Crippen molar-refractivity contribution in [2.45, 2.75) is 45.6 Å². The molecule has 2 unspecified atom stereocenters. The fraction of sp³-hybridized carbons (Fsp3) is 1.00. The summed E-state index contributed by atoms with van der Waals surface area (Å²) in [4.78, 5) is 2.43. The van der Waals surface area contributed by atoms with E-state index in [0.29, 0.717) is 17.7 Å². The topological polar surface area (TPSA) is 49.4 Å². The number of hydrogen-bond donors (Lipinski definition) is 1. The lowest BCUT2D eigenvalue weighted by atomic mass is 9.91. The average molecular weight is 290 g/mol. The minimum Gasteiger partial charge on any atom is -0.314 e. The molecular weight excluding hydrogens is 260 g/mol. The first kappa shape index (κ1) is 16.9. The largest absolute Gasteiger partial charge is 0.314 e. The number of piperidine rings is 1. The summed E-state index contributed by atoms with van der Waals surface area (Å²) in [5.74, 6) is 1.02. The highest BCUT2D eigenvalue weighted by Gasteiger charge is 2.24. The van der Waals surface area contributed by atoms with Crippen LogP contribution in [0.25, 0.3) is 0 Å². The zero-order chi connectivity index (χ0) is 14.3. The maximum atomic E-state index is 11.1. The van der Waals surface area contributed by atoms with Crippen molar-refractivity contribution in [3.8, 4) is 0 Å². The Morgan fingerprint density at radius 2 is 2.16 bits per heavy atom. The van der Waals surface area contributed by atoms with Gasteiger partial charge in [-0.3, -0.25) is 0 Å². The van der Waals surface area contributed by atoms with Crippen molar-refractivity contribution in [2.75, 3.05) is 38.2 Å². The Hall–Kier alpha value is -0.130. The van der Waals surface area contributed by atoms with Crippen LogP contribution < -0.4 is 5.32 Å². The number of hydrogen-bond acceptors (Lipinski definition) is 4. The summed E-state index contributed by atoms with van der Waals surface area (Å²) in [6, 6.07) is 0.567. The number of sulfone groups is 1. The van der Waals surface area contributed by atoms with Crippen LogP contribution in [0.2, 0.25) is 0 Å². The van der Waals surface area contributed by atoms with Crippen LogP contribution in [-0.2, 0) is 9.84 Å². The van der Waals surface area contributed by atoms with Crippen LogP contribution in [0.3, 0.4) is 0 Å². The molecule has 1 saturated heterocycles. The van der Waals surface area contributed by atoms with Crippen molar-refractivity contribution in [1.82, 2.24) is 10.2 Å². The molecule has 0 radical (unpaired) electrons. The molecule has 2 atom stereocenters. The third kappa shape index (κ3) is 7.28. The first-order valence-corrected chi connectivity index (χ1v) is 9.62. The van der Waals surface area contributed by atoms with Crippen molar-refractivity contribution < 1.29 is 8.42 Å². The summed E-state index contributed by atoms with van der Waals surface area (Å²) in [6.07, 6.45) is 5.79. The molecule has 1 N–H and O–H groups in total. The molecule has 1 fully saturated rings. The Morgan fingerprint density at radius 1 is 1.42 bits per heavy atom. The van der Waals surface area contributed by atoms with Crippen molar-refractivity contribution >= 4 is 9.84 Å². The maximum Gasteiger partial charge on any atom is 0.147 e. The SMILES string of the molecule is CCCNC(C)C1CCCN(CCCS(C)(=O)=O)C1. The predicted octanol–water partition coefficient (Wildman–Crippen LogP) is 1.52. The summed E-state index contributed by atoms with van der Waals surface area (Å²) in [6.45, 7) is 8.72. The van der Waals surface area contributed by atoms with Gasteiger partial charge in [0.25, 0.3) is 0 Å². The molecule has 1 rings (SSSR count). The van der Waals surface area contributed by atoms with Crippen molar-refractivity contribution in [1.29, 1.82) is 0 Å². The van der Waals surface area contributed by atoms with E-state index in [4.69, 9.17) is 0 Å². The predicted molar refractivity (Wildman–Crippen MR) is 81.2 cm³/mol. The van der Waals surface area contributed by atoms with Crippen LogP contribution in [0.5, 0.6) is 0 Å². The minimum absolute atomic E-state index is 0.317. The van der Waals surface area contributed by atoms with E-state index in [9.17, 15) is 8.42 Å². The quantitative estimate of drug-likeness (QED) is 0.736. The Labute approximate surface area is 118 Å². The smallest absolute Gasteiger partial charge is 0.147 e. The highest BCUT2D eigenvalue weighted by atomic mass is 32.2. The first-order chi connectivity index (χ1) is 8.92.